The lowest BCUT2D eigenvalue weighted by Gasteiger charge is -2.35. The molecule has 0 spiro atoms. The Labute approximate surface area is 188 Å². The Hall–Kier alpha value is -2.19. The molecule has 1 aromatic heterocycles. The first-order valence-electron chi connectivity index (χ1n) is 10.5. The quantitative estimate of drug-likeness (QED) is 0.528. The third-order valence-electron chi connectivity index (χ3n) is 5.84. The van der Waals surface area contributed by atoms with Crippen LogP contribution in [-0.4, -0.2) is 39.3 Å². The van der Waals surface area contributed by atoms with E-state index in [1.165, 1.54) is 16.7 Å². The molecule has 4 rings (SSSR count). The maximum absolute atomic E-state index is 12.7. The lowest BCUT2D eigenvalue weighted by Crippen LogP contribution is -2.41. The van der Waals surface area contributed by atoms with Gasteiger partial charge in [0.05, 0.1) is 12.9 Å². The number of thiophene rings is 1. The van der Waals surface area contributed by atoms with E-state index in [-0.39, 0.29) is 11.8 Å². The van der Waals surface area contributed by atoms with Gasteiger partial charge in [-0.25, -0.2) is 13.1 Å². The Morgan fingerprint density at radius 3 is 2.58 bits per heavy atom. The van der Waals surface area contributed by atoms with Gasteiger partial charge in [-0.2, -0.15) is 11.3 Å². The Bertz CT molecular complexity index is 1080. The first-order chi connectivity index (χ1) is 15.0. The second-order valence-corrected chi connectivity index (χ2v) is 10.5. The maximum Gasteiger partial charge on any atom is 0.211 e. The second kappa shape index (κ2) is 9.96. The average molecular weight is 457 g/mol. The highest BCUT2D eigenvalue weighted by Gasteiger charge is 2.26. The molecule has 2 heterocycles. The summed E-state index contributed by atoms with van der Waals surface area (Å²) < 4.78 is 33.5. The Balaban J connectivity index is 1.40. The molecule has 0 saturated carbocycles. The first-order valence-corrected chi connectivity index (χ1v) is 13.1. The van der Waals surface area contributed by atoms with Crippen LogP contribution in [0.1, 0.15) is 28.3 Å². The molecule has 1 aliphatic rings. The zero-order valence-electron chi connectivity index (χ0n) is 17.7. The molecular formula is C24H28N2O3S2. The molecule has 0 radical (unpaired) electrons. The zero-order chi connectivity index (χ0) is 21.7. The summed E-state index contributed by atoms with van der Waals surface area (Å²) in [5.74, 6) is 0.838. The minimum absolute atomic E-state index is 0.0235. The molecule has 0 bridgehead atoms. The van der Waals surface area contributed by atoms with E-state index in [0.29, 0.717) is 13.0 Å². The van der Waals surface area contributed by atoms with Gasteiger partial charge in [-0.1, -0.05) is 36.4 Å². The number of hydrogen-bond acceptors (Lipinski definition) is 5. The van der Waals surface area contributed by atoms with Crippen LogP contribution < -0.4 is 9.46 Å². The number of fused-ring (bicyclic) bond motifs is 1. The number of hydrogen-bond donors (Lipinski definition) is 1. The molecule has 3 aromatic rings. The fourth-order valence-corrected chi connectivity index (χ4v) is 5.80. The molecule has 1 N–H and O–H groups in total. The number of methoxy groups -OCH3 is 1. The number of nitrogens with zero attached hydrogens (tertiary/aromatic N) is 1. The molecule has 0 saturated heterocycles. The maximum atomic E-state index is 12.7. The van der Waals surface area contributed by atoms with E-state index >= 15 is 0 Å². The minimum atomic E-state index is -3.39. The van der Waals surface area contributed by atoms with Gasteiger partial charge in [0, 0.05) is 25.7 Å². The van der Waals surface area contributed by atoms with Crippen LogP contribution in [0.3, 0.4) is 0 Å². The smallest absolute Gasteiger partial charge is 0.211 e. The fourth-order valence-electron chi connectivity index (χ4n) is 4.03. The molecular weight excluding hydrogens is 428 g/mol. The third-order valence-corrected chi connectivity index (χ3v) is 7.89. The molecule has 0 amide bonds. The summed E-state index contributed by atoms with van der Waals surface area (Å²) in [6.45, 7) is 2.14. The molecule has 7 heteroatoms. The van der Waals surface area contributed by atoms with Crippen LogP contribution in [0, 0.1) is 0 Å². The third kappa shape index (κ3) is 5.74. The van der Waals surface area contributed by atoms with E-state index in [4.69, 9.17) is 4.74 Å². The molecule has 1 aliphatic heterocycles. The molecule has 0 unspecified atom stereocenters. The summed E-state index contributed by atoms with van der Waals surface area (Å²) in [5.41, 5.74) is 4.87. The normalized spacial score (nSPS) is 15.4. The van der Waals surface area contributed by atoms with Gasteiger partial charge >= 0.3 is 0 Å². The second-order valence-electron chi connectivity index (χ2n) is 7.83. The molecule has 5 nitrogen and oxygen atoms in total. The van der Waals surface area contributed by atoms with Gasteiger partial charge in [0.15, 0.2) is 0 Å². The van der Waals surface area contributed by atoms with Crippen LogP contribution in [0.15, 0.2) is 65.4 Å². The van der Waals surface area contributed by atoms with Gasteiger partial charge in [-0.15, -0.1) is 0 Å². The van der Waals surface area contributed by atoms with E-state index < -0.39 is 10.0 Å². The number of rotatable bonds is 9. The summed E-state index contributed by atoms with van der Waals surface area (Å²) in [4.78, 5) is 2.39. The van der Waals surface area contributed by atoms with Crippen molar-refractivity contribution in [2.24, 2.45) is 0 Å². The van der Waals surface area contributed by atoms with Gasteiger partial charge in [0.25, 0.3) is 0 Å². The first kappa shape index (κ1) is 22.0. The van der Waals surface area contributed by atoms with Crippen molar-refractivity contribution in [1.82, 2.24) is 9.62 Å². The minimum Gasteiger partial charge on any atom is -0.497 e. The van der Waals surface area contributed by atoms with E-state index in [1.807, 2.05) is 24.3 Å². The van der Waals surface area contributed by atoms with Gasteiger partial charge in [-0.05, 0) is 64.1 Å². The Kier molecular flexibility index (Phi) is 7.07. The summed E-state index contributed by atoms with van der Waals surface area (Å²) in [6.07, 6.45) is 1.46. The van der Waals surface area contributed by atoms with Gasteiger partial charge in [-0.3, -0.25) is 4.90 Å². The SMILES string of the molecule is COc1ccc(CCS(=O)(=O)NC[C@@H](c2ccsc2)N2CCc3ccccc3C2)cc1. The lowest BCUT2D eigenvalue weighted by atomic mass is 9.97. The number of benzene rings is 2. The van der Waals surface area contributed by atoms with E-state index in [1.54, 1.807) is 18.4 Å². The molecule has 31 heavy (non-hydrogen) atoms. The topological polar surface area (TPSA) is 58.6 Å². The Morgan fingerprint density at radius 1 is 1.10 bits per heavy atom. The van der Waals surface area contributed by atoms with E-state index in [9.17, 15) is 8.42 Å². The highest BCUT2D eigenvalue weighted by molar-refractivity contribution is 7.89. The largest absolute Gasteiger partial charge is 0.497 e. The summed E-state index contributed by atoms with van der Waals surface area (Å²) in [7, 11) is -1.77. The standard InChI is InChI=1S/C24H28N2O3S2/c1-29-23-8-6-19(7-9-23)12-15-31(27,28)25-16-24(22-11-14-30-18-22)26-13-10-20-4-2-3-5-21(20)17-26/h2-9,11,14,18,24-25H,10,12-13,15-17H2,1H3/t24-/m0/s1. The van der Waals surface area contributed by atoms with Crippen LogP contribution in [0.5, 0.6) is 5.75 Å². The number of nitrogens with one attached hydrogen (secondary N) is 1. The van der Waals surface area contributed by atoms with Gasteiger partial charge < -0.3 is 4.74 Å². The van der Waals surface area contributed by atoms with Gasteiger partial charge in [0.2, 0.25) is 10.0 Å². The highest BCUT2D eigenvalue weighted by atomic mass is 32.2. The summed E-state index contributed by atoms with van der Waals surface area (Å²) >= 11 is 1.65. The van der Waals surface area contributed by atoms with Crippen molar-refractivity contribution in [2.75, 3.05) is 26.0 Å². The van der Waals surface area contributed by atoms with Crippen LogP contribution in [0.25, 0.3) is 0 Å². The summed E-state index contributed by atoms with van der Waals surface area (Å²) in [5, 5.41) is 4.18. The molecule has 2 aromatic carbocycles. The van der Waals surface area contributed by atoms with Crippen molar-refractivity contribution >= 4 is 21.4 Å². The van der Waals surface area contributed by atoms with E-state index in [2.05, 4.69) is 50.7 Å². The van der Waals surface area contributed by atoms with Crippen LogP contribution in [-0.2, 0) is 29.4 Å². The van der Waals surface area contributed by atoms with Gasteiger partial charge in [0.1, 0.15) is 5.75 Å². The predicted octanol–water partition coefficient (Wildman–Crippen LogP) is 4.02. The van der Waals surface area contributed by atoms with Crippen LogP contribution in [0.4, 0.5) is 0 Å². The molecule has 0 fully saturated rings. The van der Waals surface area contributed by atoms with Crippen molar-refractivity contribution in [2.45, 2.75) is 25.4 Å². The van der Waals surface area contributed by atoms with Crippen molar-refractivity contribution in [3.63, 3.8) is 0 Å². The van der Waals surface area contributed by atoms with E-state index in [0.717, 1.165) is 30.8 Å². The molecule has 164 valence electrons. The fraction of sp³-hybridized carbons (Fsp3) is 0.333. The molecule has 0 aliphatic carbocycles. The van der Waals surface area contributed by atoms with Crippen molar-refractivity contribution < 1.29 is 13.2 Å². The van der Waals surface area contributed by atoms with Crippen LogP contribution in [0.2, 0.25) is 0 Å². The number of sulfonamides is 1. The lowest BCUT2D eigenvalue weighted by molar-refractivity contribution is 0.181. The van der Waals surface area contributed by atoms with Crippen molar-refractivity contribution in [3.8, 4) is 5.75 Å². The highest BCUT2D eigenvalue weighted by Crippen LogP contribution is 2.29. The zero-order valence-corrected chi connectivity index (χ0v) is 19.3. The Morgan fingerprint density at radius 2 is 1.87 bits per heavy atom. The van der Waals surface area contributed by atoms with Crippen molar-refractivity contribution in [1.29, 1.82) is 0 Å². The molecule has 1 atom stereocenters. The average Bonchev–Trinajstić information content (AvgIpc) is 3.33. The van der Waals surface area contributed by atoms with Crippen molar-refractivity contribution in [3.05, 3.63) is 87.6 Å². The monoisotopic (exact) mass is 456 g/mol. The number of aryl methyl sites for hydroxylation is 1. The summed E-state index contributed by atoms with van der Waals surface area (Å²) in [6, 6.07) is 18.2. The van der Waals surface area contributed by atoms with Crippen LogP contribution >= 0.6 is 11.3 Å². The predicted molar refractivity (Wildman–Crippen MR) is 126 cm³/mol. The number of ether oxygens (including phenoxy) is 1.